The monoisotopic (exact) mass is 595 g/mol. The number of halogens is 3. The Morgan fingerprint density at radius 2 is 1.82 bits per heavy atom. The molecule has 0 saturated heterocycles. The van der Waals surface area contributed by atoms with Gasteiger partial charge >= 0.3 is 5.97 Å². The molecule has 0 saturated carbocycles. The van der Waals surface area contributed by atoms with Gasteiger partial charge in [-0.1, -0.05) is 12.1 Å². The van der Waals surface area contributed by atoms with E-state index in [0.29, 0.717) is 22.7 Å². The molecule has 6 rings (SSSR count). The van der Waals surface area contributed by atoms with Crippen LogP contribution < -0.4 is 4.74 Å². The molecule has 0 unspecified atom stereocenters. The smallest absolute Gasteiger partial charge is 0.335 e. The van der Waals surface area contributed by atoms with Crippen LogP contribution in [0.2, 0.25) is 0 Å². The molecule has 9 nitrogen and oxygen atoms in total. The van der Waals surface area contributed by atoms with Gasteiger partial charge in [-0.2, -0.15) is 5.26 Å². The van der Waals surface area contributed by atoms with E-state index in [2.05, 4.69) is 15.0 Å². The van der Waals surface area contributed by atoms with E-state index in [4.69, 9.17) is 14.4 Å². The van der Waals surface area contributed by atoms with Crippen molar-refractivity contribution in [1.82, 2.24) is 19.5 Å². The first kappa shape index (κ1) is 28.2. The van der Waals surface area contributed by atoms with Crippen LogP contribution in [0.5, 0.6) is 5.88 Å². The number of nitriles is 1. The highest BCUT2D eigenvalue weighted by Crippen LogP contribution is 2.28. The van der Waals surface area contributed by atoms with Gasteiger partial charge in [-0.25, -0.2) is 32.9 Å². The maximum Gasteiger partial charge on any atom is 0.335 e. The minimum Gasteiger partial charge on any atom is -0.478 e. The molecule has 0 bridgehead atoms. The lowest BCUT2D eigenvalue weighted by molar-refractivity contribution is 0.0697. The fraction of sp³-hybridized carbons (Fsp3) is 0.0938. The number of benzene rings is 3. The summed E-state index contributed by atoms with van der Waals surface area (Å²) < 4.78 is 57.7. The number of rotatable bonds is 9. The highest BCUT2D eigenvalue weighted by Gasteiger charge is 2.19. The van der Waals surface area contributed by atoms with Gasteiger partial charge in [-0.15, -0.1) is 0 Å². The molecular formula is C32H20F3N5O4. The van der Waals surface area contributed by atoms with Gasteiger partial charge in [-0.05, 0) is 54.1 Å². The molecule has 44 heavy (non-hydrogen) atoms. The van der Waals surface area contributed by atoms with Crippen molar-refractivity contribution in [2.45, 2.75) is 19.6 Å². The predicted octanol–water partition coefficient (Wildman–Crippen LogP) is 6.29. The van der Waals surface area contributed by atoms with Crippen LogP contribution in [0, 0.1) is 28.8 Å². The lowest BCUT2D eigenvalue weighted by Gasteiger charge is -2.11. The van der Waals surface area contributed by atoms with Crippen molar-refractivity contribution in [3.05, 3.63) is 131 Å². The van der Waals surface area contributed by atoms with Crippen molar-refractivity contribution in [1.29, 1.82) is 5.26 Å². The van der Waals surface area contributed by atoms with Gasteiger partial charge in [0.05, 0.1) is 40.1 Å². The van der Waals surface area contributed by atoms with Crippen molar-refractivity contribution >= 4 is 17.0 Å². The maximum atomic E-state index is 15.5. The Bertz CT molecular complexity index is 2070. The average Bonchev–Trinajstić information content (AvgIpc) is 3.66. The second kappa shape index (κ2) is 11.7. The minimum atomic E-state index is -1.12. The minimum absolute atomic E-state index is 0.0114. The topological polar surface area (TPSA) is 127 Å². The standard InChI is InChI=1S/C32H20F3N5O4/c33-23-10-18(15-36)4-5-20(23)17-44-30-3-1-2-26(39-30)22-14-24(34)21(11-25(22)35)13-29-38-27-7-6-19(32(41)42)12-28(27)40(29)16-31-37-8-9-43-31/h1-12,14H,13,16-17H2,(H,41,42). The summed E-state index contributed by atoms with van der Waals surface area (Å²) in [5.74, 6) is -2.46. The van der Waals surface area contributed by atoms with Gasteiger partial charge in [0.1, 0.15) is 42.7 Å². The van der Waals surface area contributed by atoms with Crippen LogP contribution in [0.1, 0.15) is 38.8 Å². The third-order valence-corrected chi connectivity index (χ3v) is 6.89. The molecule has 3 aromatic carbocycles. The summed E-state index contributed by atoms with van der Waals surface area (Å²) in [7, 11) is 0. The normalized spacial score (nSPS) is 11.0. The number of ether oxygens (including phenoxy) is 1. The second-order valence-electron chi connectivity index (χ2n) is 9.72. The highest BCUT2D eigenvalue weighted by molar-refractivity contribution is 5.92. The average molecular weight is 596 g/mol. The number of oxazole rings is 1. The SMILES string of the molecule is N#Cc1ccc(COc2cccc(-c3cc(F)c(Cc4nc5ccc(C(=O)O)cc5n4Cc4ncco4)cc3F)n2)c(F)c1. The Kier molecular flexibility index (Phi) is 7.51. The zero-order valence-corrected chi connectivity index (χ0v) is 22.7. The highest BCUT2D eigenvalue weighted by atomic mass is 19.1. The molecule has 0 aliphatic heterocycles. The quantitative estimate of drug-likeness (QED) is 0.207. The lowest BCUT2D eigenvalue weighted by atomic mass is 10.0. The van der Waals surface area contributed by atoms with E-state index in [1.165, 1.54) is 48.9 Å². The summed E-state index contributed by atoms with van der Waals surface area (Å²) in [6.07, 6.45) is 2.74. The summed E-state index contributed by atoms with van der Waals surface area (Å²) in [4.78, 5) is 24.5. The van der Waals surface area contributed by atoms with E-state index in [-0.39, 0.29) is 59.0 Å². The van der Waals surface area contributed by atoms with Gasteiger partial charge in [-0.3, -0.25) is 0 Å². The zero-order chi connectivity index (χ0) is 30.8. The van der Waals surface area contributed by atoms with E-state index >= 15 is 8.78 Å². The number of aromatic nitrogens is 4. The molecule has 0 aliphatic rings. The molecule has 3 heterocycles. The number of pyridine rings is 1. The molecule has 0 atom stereocenters. The van der Waals surface area contributed by atoms with Gasteiger partial charge in [0.15, 0.2) is 0 Å². The first-order valence-electron chi connectivity index (χ1n) is 13.2. The number of hydrogen-bond acceptors (Lipinski definition) is 7. The molecule has 0 aliphatic carbocycles. The molecule has 1 N–H and O–H groups in total. The second-order valence-corrected chi connectivity index (χ2v) is 9.72. The van der Waals surface area contributed by atoms with E-state index in [1.54, 1.807) is 16.7 Å². The summed E-state index contributed by atoms with van der Waals surface area (Å²) >= 11 is 0. The Labute approximate surface area is 247 Å². The zero-order valence-electron chi connectivity index (χ0n) is 22.7. The molecule has 12 heteroatoms. The summed E-state index contributed by atoms with van der Waals surface area (Å²) in [6.45, 7) is -0.0978. The summed E-state index contributed by atoms with van der Waals surface area (Å²) in [6, 6.07) is 16.9. The lowest BCUT2D eigenvalue weighted by Crippen LogP contribution is -2.08. The summed E-state index contributed by atoms with van der Waals surface area (Å²) in [5, 5.41) is 18.4. The molecule has 218 valence electrons. The van der Waals surface area contributed by atoms with E-state index in [0.717, 1.165) is 18.2 Å². The van der Waals surface area contributed by atoms with E-state index in [1.807, 2.05) is 6.07 Å². The van der Waals surface area contributed by atoms with Crippen molar-refractivity contribution in [2.24, 2.45) is 0 Å². The van der Waals surface area contributed by atoms with Gasteiger partial charge in [0.25, 0.3) is 0 Å². The number of carboxylic acid groups (broad SMARTS) is 1. The first-order valence-corrected chi connectivity index (χ1v) is 13.2. The molecule has 3 aromatic heterocycles. The van der Waals surface area contributed by atoms with E-state index in [9.17, 15) is 14.3 Å². The van der Waals surface area contributed by atoms with Crippen LogP contribution >= 0.6 is 0 Å². The van der Waals surface area contributed by atoms with Crippen LogP contribution in [0.15, 0.2) is 83.6 Å². The number of carbonyl (C=O) groups is 1. The third kappa shape index (κ3) is 5.71. The van der Waals surface area contributed by atoms with Crippen LogP contribution in [0.25, 0.3) is 22.3 Å². The fourth-order valence-corrected chi connectivity index (χ4v) is 4.70. The van der Waals surface area contributed by atoms with Gasteiger partial charge in [0.2, 0.25) is 11.8 Å². The largest absolute Gasteiger partial charge is 0.478 e. The first-order chi connectivity index (χ1) is 21.3. The maximum absolute atomic E-state index is 15.5. The van der Waals surface area contributed by atoms with Crippen molar-refractivity contribution < 1.29 is 32.2 Å². The summed E-state index contributed by atoms with van der Waals surface area (Å²) in [5.41, 5.74) is 1.35. The predicted molar refractivity (Wildman–Crippen MR) is 150 cm³/mol. The van der Waals surface area contributed by atoms with Crippen LogP contribution in [0.4, 0.5) is 13.2 Å². The van der Waals surface area contributed by atoms with Crippen LogP contribution in [-0.4, -0.2) is 30.6 Å². The molecule has 0 amide bonds. The number of aromatic carboxylic acids is 1. The number of nitrogens with zero attached hydrogens (tertiary/aromatic N) is 5. The molecule has 0 spiro atoms. The fourth-order valence-electron chi connectivity index (χ4n) is 4.70. The van der Waals surface area contributed by atoms with Crippen LogP contribution in [0.3, 0.4) is 0 Å². The van der Waals surface area contributed by atoms with Gasteiger partial charge in [0, 0.05) is 23.6 Å². The third-order valence-electron chi connectivity index (χ3n) is 6.89. The Balaban J connectivity index is 1.28. The number of carboxylic acids is 1. The van der Waals surface area contributed by atoms with Crippen molar-refractivity contribution in [3.8, 4) is 23.2 Å². The van der Waals surface area contributed by atoms with Crippen molar-refractivity contribution in [2.75, 3.05) is 0 Å². The molecule has 0 fully saturated rings. The number of hydrogen-bond donors (Lipinski definition) is 1. The Morgan fingerprint density at radius 3 is 2.57 bits per heavy atom. The molecule has 6 aromatic rings. The van der Waals surface area contributed by atoms with Gasteiger partial charge < -0.3 is 18.8 Å². The molecular weight excluding hydrogens is 575 g/mol. The van der Waals surface area contributed by atoms with E-state index < -0.39 is 23.4 Å². The van der Waals surface area contributed by atoms with Crippen molar-refractivity contribution in [3.63, 3.8) is 0 Å². The molecule has 0 radical (unpaired) electrons. The Hall–Kier alpha value is -5.96. The number of imidazole rings is 1. The van der Waals surface area contributed by atoms with Crippen LogP contribution in [-0.2, 0) is 19.6 Å². The Morgan fingerprint density at radius 1 is 0.977 bits per heavy atom. The number of fused-ring (bicyclic) bond motifs is 1.